The minimum absolute atomic E-state index is 0.392. The van der Waals surface area contributed by atoms with Crippen LogP contribution in [0.15, 0.2) is 84.0 Å². The van der Waals surface area contributed by atoms with Crippen molar-refractivity contribution in [1.29, 1.82) is 0 Å². The smallest absolute Gasteiger partial charge is 0.216 e. The van der Waals surface area contributed by atoms with Crippen molar-refractivity contribution in [3.63, 3.8) is 0 Å². The number of para-hydroxylation sites is 1. The number of ether oxygens (including phenoxy) is 1. The molecule has 3 aromatic carbocycles. The zero-order valence-corrected chi connectivity index (χ0v) is 16.2. The Morgan fingerprint density at radius 2 is 1.75 bits per heavy atom. The molecule has 4 rings (SSSR count). The largest absolute Gasteiger partial charge is 0.457 e. The van der Waals surface area contributed by atoms with Crippen LogP contribution in [0.1, 0.15) is 5.56 Å². The normalized spacial score (nSPS) is 11.0. The van der Waals surface area contributed by atoms with Gasteiger partial charge in [0.25, 0.3) is 0 Å². The van der Waals surface area contributed by atoms with Crippen molar-refractivity contribution >= 4 is 30.0 Å². The third kappa shape index (κ3) is 4.19. The zero-order chi connectivity index (χ0) is 19.3. The lowest BCUT2D eigenvalue weighted by atomic mass is 10.2. The number of nitrogens with zero attached hydrogens (tertiary/aromatic N) is 3. The molecule has 4 aromatic rings. The van der Waals surface area contributed by atoms with Crippen molar-refractivity contribution in [2.75, 3.05) is 0 Å². The molecule has 0 aliphatic heterocycles. The van der Waals surface area contributed by atoms with Crippen LogP contribution in [-0.2, 0) is 0 Å². The molecule has 1 heterocycles. The standard InChI is InChI=1S/C21H15ClN4OS/c22-17-8-5-7-16(13-17)20-24-25-21(28)26(20)23-14-15-6-4-11-19(12-15)27-18-9-2-1-3-10-18/h1-14H,(H,25,28)/b23-14-. The number of hydrogen-bond donors (Lipinski definition) is 1. The summed E-state index contributed by atoms with van der Waals surface area (Å²) in [6.45, 7) is 0. The van der Waals surface area contributed by atoms with Gasteiger partial charge in [-0.05, 0) is 54.2 Å². The Morgan fingerprint density at radius 3 is 2.57 bits per heavy atom. The van der Waals surface area contributed by atoms with Crippen molar-refractivity contribution in [2.45, 2.75) is 0 Å². The van der Waals surface area contributed by atoms with Crippen LogP contribution in [0.4, 0.5) is 0 Å². The molecule has 1 N–H and O–H groups in total. The molecule has 0 radical (unpaired) electrons. The first-order valence-electron chi connectivity index (χ1n) is 8.50. The van der Waals surface area contributed by atoms with E-state index in [1.165, 1.54) is 0 Å². The number of rotatable bonds is 5. The second-order valence-corrected chi connectivity index (χ2v) is 6.73. The molecule has 0 bridgehead atoms. The Balaban J connectivity index is 1.61. The van der Waals surface area contributed by atoms with Crippen LogP contribution in [0.3, 0.4) is 0 Å². The number of hydrogen-bond acceptors (Lipinski definition) is 4. The molecule has 0 saturated heterocycles. The van der Waals surface area contributed by atoms with Gasteiger partial charge < -0.3 is 4.74 Å². The predicted molar refractivity (Wildman–Crippen MR) is 114 cm³/mol. The molecule has 0 aliphatic rings. The zero-order valence-electron chi connectivity index (χ0n) is 14.6. The van der Waals surface area contributed by atoms with Gasteiger partial charge in [0.1, 0.15) is 11.5 Å². The van der Waals surface area contributed by atoms with Crippen LogP contribution in [0.5, 0.6) is 11.5 Å². The van der Waals surface area contributed by atoms with E-state index in [0.717, 1.165) is 22.6 Å². The maximum atomic E-state index is 6.09. The van der Waals surface area contributed by atoms with E-state index >= 15 is 0 Å². The summed E-state index contributed by atoms with van der Waals surface area (Å²) in [5.74, 6) is 2.08. The second-order valence-electron chi connectivity index (χ2n) is 5.91. The lowest BCUT2D eigenvalue weighted by molar-refractivity contribution is 0.482. The van der Waals surface area contributed by atoms with E-state index in [2.05, 4.69) is 15.3 Å². The number of nitrogens with one attached hydrogen (secondary N) is 1. The van der Waals surface area contributed by atoms with E-state index in [4.69, 9.17) is 28.6 Å². The van der Waals surface area contributed by atoms with Gasteiger partial charge in [0, 0.05) is 10.6 Å². The lowest BCUT2D eigenvalue weighted by Gasteiger charge is -2.06. The summed E-state index contributed by atoms with van der Waals surface area (Å²) in [6.07, 6.45) is 1.71. The van der Waals surface area contributed by atoms with Gasteiger partial charge in [-0.2, -0.15) is 14.9 Å². The summed E-state index contributed by atoms with van der Waals surface area (Å²) in [5, 5.41) is 12.1. The number of benzene rings is 3. The Bertz CT molecular complexity index is 1180. The van der Waals surface area contributed by atoms with E-state index in [1.807, 2.05) is 72.8 Å². The minimum Gasteiger partial charge on any atom is -0.457 e. The van der Waals surface area contributed by atoms with Crippen LogP contribution in [0.2, 0.25) is 5.02 Å². The summed E-state index contributed by atoms with van der Waals surface area (Å²) >= 11 is 11.4. The van der Waals surface area contributed by atoms with Crippen LogP contribution in [0, 0.1) is 4.77 Å². The number of H-pyrrole nitrogens is 1. The van der Waals surface area contributed by atoms with E-state index in [-0.39, 0.29) is 0 Å². The number of aromatic amines is 1. The minimum atomic E-state index is 0.392. The molecule has 0 amide bonds. The van der Waals surface area contributed by atoms with Crippen molar-refractivity contribution in [1.82, 2.24) is 14.9 Å². The molecule has 0 saturated carbocycles. The molecular weight excluding hydrogens is 392 g/mol. The lowest BCUT2D eigenvalue weighted by Crippen LogP contribution is -1.95. The molecule has 28 heavy (non-hydrogen) atoms. The summed E-state index contributed by atoms with van der Waals surface area (Å²) in [4.78, 5) is 0. The quantitative estimate of drug-likeness (QED) is 0.330. The van der Waals surface area contributed by atoms with Crippen molar-refractivity contribution in [3.8, 4) is 22.9 Å². The van der Waals surface area contributed by atoms with Gasteiger partial charge in [0.2, 0.25) is 4.77 Å². The van der Waals surface area contributed by atoms with E-state index in [0.29, 0.717) is 15.6 Å². The maximum absolute atomic E-state index is 6.09. The van der Waals surface area contributed by atoms with Crippen molar-refractivity contribution in [3.05, 3.63) is 94.2 Å². The molecule has 138 valence electrons. The highest BCUT2D eigenvalue weighted by molar-refractivity contribution is 7.71. The Labute approximate surface area is 171 Å². The van der Waals surface area contributed by atoms with Gasteiger partial charge in [0.05, 0.1) is 6.21 Å². The molecule has 5 nitrogen and oxygen atoms in total. The highest BCUT2D eigenvalue weighted by atomic mass is 35.5. The van der Waals surface area contributed by atoms with Gasteiger partial charge in [-0.15, -0.1) is 0 Å². The first-order valence-corrected chi connectivity index (χ1v) is 9.28. The molecular formula is C21H15ClN4OS. The maximum Gasteiger partial charge on any atom is 0.216 e. The van der Waals surface area contributed by atoms with Crippen LogP contribution in [0.25, 0.3) is 11.4 Å². The molecule has 0 fully saturated rings. The number of aromatic nitrogens is 3. The highest BCUT2D eigenvalue weighted by Crippen LogP contribution is 2.22. The van der Waals surface area contributed by atoms with Gasteiger partial charge in [-0.1, -0.05) is 54.1 Å². The predicted octanol–water partition coefficient (Wildman–Crippen LogP) is 5.94. The van der Waals surface area contributed by atoms with Gasteiger partial charge in [0.15, 0.2) is 5.82 Å². The fourth-order valence-electron chi connectivity index (χ4n) is 2.62. The SMILES string of the molecule is S=c1[nH]nc(-c2cccc(Cl)c2)n1/N=C\c1cccc(Oc2ccccc2)c1. The van der Waals surface area contributed by atoms with Gasteiger partial charge >= 0.3 is 0 Å². The first kappa shape index (κ1) is 18.2. The fraction of sp³-hybridized carbons (Fsp3) is 0. The molecule has 0 unspecified atom stereocenters. The fourth-order valence-corrected chi connectivity index (χ4v) is 2.99. The molecule has 7 heteroatoms. The van der Waals surface area contributed by atoms with Crippen LogP contribution in [-0.4, -0.2) is 21.1 Å². The third-order valence-electron chi connectivity index (χ3n) is 3.89. The van der Waals surface area contributed by atoms with Gasteiger partial charge in [-0.3, -0.25) is 0 Å². The van der Waals surface area contributed by atoms with Crippen molar-refractivity contribution < 1.29 is 4.74 Å². The van der Waals surface area contributed by atoms with E-state index in [1.54, 1.807) is 17.0 Å². The van der Waals surface area contributed by atoms with Crippen molar-refractivity contribution in [2.24, 2.45) is 5.10 Å². The number of halogens is 1. The summed E-state index contributed by atoms with van der Waals surface area (Å²) in [5.41, 5.74) is 1.69. The van der Waals surface area contributed by atoms with Gasteiger partial charge in [-0.25, -0.2) is 5.10 Å². The third-order valence-corrected chi connectivity index (χ3v) is 4.39. The van der Waals surface area contributed by atoms with E-state index in [9.17, 15) is 0 Å². The second kappa shape index (κ2) is 8.21. The molecule has 0 atom stereocenters. The average Bonchev–Trinajstić information content (AvgIpc) is 3.08. The highest BCUT2D eigenvalue weighted by Gasteiger charge is 2.08. The van der Waals surface area contributed by atoms with Crippen LogP contribution >= 0.6 is 23.8 Å². The summed E-state index contributed by atoms with van der Waals surface area (Å²) < 4.78 is 7.82. The molecule has 0 spiro atoms. The van der Waals surface area contributed by atoms with Crippen LogP contribution < -0.4 is 4.74 Å². The monoisotopic (exact) mass is 406 g/mol. The molecule has 1 aromatic heterocycles. The topological polar surface area (TPSA) is 55.2 Å². The Hall–Kier alpha value is -3.22. The Morgan fingerprint density at radius 1 is 0.964 bits per heavy atom. The molecule has 0 aliphatic carbocycles. The van der Waals surface area contributed by atoms with E-state index < -0.39 is 0 Å². The Kier molecular flexibility index (Phi) is 5.32. The first-order chi connectivity index (χ1) is 13.7. The average molecular weight is 407 g/mol. The summed E-state index contributed by atoms with van der Waals surface area (Å²) in [6, 6.07) is 24.6. The summed E-state index contributed by atoms with van der Waals surface area (Å²) in [7, 11) is 0.